The van der Waals surface area contributed by atoms with Crippen molar-refractivity contribution in [3.63, 3.8) is 0 Å². The van der Waals surface area contributed by atoms with Crippen LogP contribution in [-0.4, -0.2) is 25.2 Å². The second-order valence-corrected chi connectivity index (χ2v) is 12.4. The zero-order chi connectivity index (χ0) is 36.8. The fourth-order valence-electron chi connectivity index (χ4n) is 6.79. The monoisotopic (exact) mass is 716 g/mol. The molecule has 12 heteroatoms. The standard InChI is InChI=1S/C41H26F6N6/c42-40(43,44)30-23-31(41(45,46)47)25-32(24-30)48-38-34-19-11-10-18-33(34)37(50-51-38)26-20-21-35-36(22-26)53(52-49-35)39(27-12-4-1-5-13-27,28-14-6-2-7-15-28)29-16-8-3-9-17-29/h1-25H,(H,48,51). The van der Waals surface area contributed by atoms with Gasteiger partial charge in [0.15, 0.2) is 5.82 Å². The molecule has 262 valence electrons. The first-order chi connectivity index (χ1) is 25.5. The smallest absolute Gasteiger partial charge is 0.338 e. The lowest BCUT2D eigenvalue weighted by molar-refractivity contribution is -0.143. The van der Waals surface area contributed by atoms with Crippen LogP contribution in [0, 0.1) is 0 Å². The predicted octanol–water partition coefficient (Wildman–Crippen LogP) is 10.7. The van der Waals surface area contributed by atoms with Gasteiger partial charge in [-0.05, 0) is 47.0 Å². The molecule has 0 atom stereocenters. The molecule has 0 unspecified atom stereocenters. The minimum absolute atomic E-state index is 0.0131. The van der Waals surface area contributed by atoms with Crippen molar-refractivity contribution in [2.75, 3.05) is 5.32 Å². The summed E-state index contributed by atoms with van der Waals surface area (Å²) in [6, 6.07) is 43.7. The summed E-state index contributed by atoms with van der Waals surface area (Å²) in [5.74, 6) is -0.0131. The maximum absolute atomic E-state index is 13.6. The van der Waals surface area contributed by atoms with Crippen molar-refractivity contribution in [2.24, 2.45) is 0 Å². The van der Waals surface area contributed by atoms with Gasteiger partial charge >= 0.3 is 12.4 Å². The Balaban J connectivity index is 1.30. The summed E-state index contributed by atoms with van der Waals surface area (Å²) in [4.78, 5) is 0. The molecule has 8 aromatic rings. The molecule has 6 aromatic carbocycles. The average Bonchev–Trinajstić information content (AvgIpc) is 3.59. The van der Waals surface area contributed by atoms with Crippen molar-refractivity contribution in [1.29, 1.82) is 0 Å². The number of anilines is 2. The van der Waals surface area contributed by atoms with Crippen LogP contribution in [0.3, 0.4) is 0 Å². The molecule has 0 aliphatic carbocycles. The lowest BCUT2D eigenvalue weighted by Gasteiger charge is -2.36. The summed E-state index contributed by atoms with van der Waals surface area (Å²) in [5.41, 5.74) is 0.907. The van der Waals surface area contributed by atoms with Gasteiger partial charge in [-0.1, -0.05) is 127 Å². The largest absolute Gasteiger partial charge is 0.416 e. The first-order valence-electron chi connectivity index (χ1n) is 16.4. The van der Waals surface area contributed by atoms with Crippen LogP contribution in [0.5, 0.6) is 0 Å². The zero-order valence-electron chi connectivity index (χ0n) is 27.4. The molecule has 2 aromatic heterocycles. The highest BCUT2D eigenvalue weighted by Crippen LogP contribution is 2.43. The Morgan fingerprint density at radius 1 is 0.472 bits per heavy atom. The number of hydrogen-bond donors (Lipinski definition) is 1. The van der Waals surface area contributed by atoms with E-state index in [2.05, 4.69) is 20.6 Å². The summed E-state index contributed by atoms with van der Waals surface area (Å²) in [5, 5.41) is 21.7. The van der Waals surface area contributed by atoms with Crippen LogP contribution < -0.4 is 5.32 Å². The first kappa shape index (κ1) is 33.6. The van der Waals surface area contributed by atoms with Crippen molar-refractivity contribution < 1.29 is 26.3 Å². The number of rotatable bonds is 7. The molecule has 0 spiro atoms. The van der Waals surface area contributed by atoms with E-state index in [1.165, 1.54) is 0 Å². The molecular formula is C41H26F6N6. The highest BCUT2D eigenvalue weighted by atomic mass is 19.4. The normalized spacial score (nSPS) is 12.3. The number of halogens is 6. The summed E-state index contributed by atoms with van der Waals surface area (Å²) in [6.07, 6.45) is -10.0. The number of fused-ring (bicyclic) bond motifs is 2. The molecule has 0 aliphatic heterocycles. The minimum atomic E-state index is -5.01. The van der Waals surface area contributed by atoms with Gasteiger partial charge in [0.1, 0.15) is 16.7 Å². The van der Waals surface area contributed by atoms with Crippen molar-refractivity contribution in [2.45, 2.75) is 17.9 Å². The summed E-state index contributed by atoms with van der Waals surface area (Å²) >= 11 is 0. The Morgan fingerprint density at radius 2 is 0.981 bits per heavy atom. The van der Waals surface area contributed by atoms with Gasteiger partial charge in [0.05, 0.1) is 16.6 Å². The number of benzene rings is 6. The van der Waals surface area contributed by atoms with E-state index >= 15 is 0 Å². The number of aromatic nitrogens is 5. The maximum atomic E-state index is 13.6. The SMILES string of the molecule is FC(F)(F)c1cc(Nc2nnc(-c3ccc4nnn(C(c5ccccc5)(c5ccccc5)c5ccccc5)c4c3)c3ccccc23)cc(C(F)(F)F)c1. The number of alkyl halides is 6. The number of nitrogens with one attached hydrogen (secondary N) is 1. The topological polar surface area (TPSA) is 68.5 Å². The lowest BCUT2D eigenvalue weighted by atomic mass is 9.77. The van der Waals surface area contributed by atoms with E-state index in [1.54, 1.807) is 24.3 Å². The Bertz CT molecular complexity index is 2440. The van der Waals surface area contributed by atoms with Gasteiger partial charge in [-0.3, -0.25) is 0 Å². The van der Waals surface area contributed by atoms with Crippen LogP contribution in [0.25, 0.3) is 33.1 Å². The molecule has 0 bridgehead atoms. The third kappa shape index (κ3) is 6.01. The third-order valence-electron chi connectivity index (χ3n) is 9.15. The van der Waals surface area contributed by atoms with E-state index in [1.807, 2.05) is 114 Å². The summed E-state index contributed by atoms with van der Waals surface area (Å²) < 4.78 is 83.6. The molecular weight excluding hydrogens is 690 g/mol. The van der Waals surface area contributed by atoms with E-state index in [0.29, 0.717) is 45.2 Å². The summed E-state index contributed by atoms with van der Waals surface area (Å²) in [7, 11) is 0. The second kappa shape index (κ2) is 12.9. The van der Waals surface area contributed by atoms with E-state index in [9.17, 15) is 26.3 Å². The van der Waals surface area contributed by atoms with Crippen LogP contribution in [-0.2, 0) is 17.9 Å². The van der Waals surface area contributed by atoms with Gasteiger partial charge in [0, 0.05) is 22.0 Å². The van der Waals surface area contributed by atoms with Crippen molar-refractivity contribution in [1.82, 2.24) is 25.2 Å². The molecule has 0 amide bonds. The Kier molecular flexibility index (Phi) is 8.17. The van der Waals surface area contributed by atoms with Gasteiger partial charge in [-0.2, -0.15) is 26.3 Å². The van der Waals surface area contributed by atoms with Crippen LogP contribution in [0.4, 0.5) is 37.8 Å². The van der Waals surface area contributed by atoms with Crippen molar-refractivity contribution in [3.8, 4) is 11.3 Å². The van der Waals surface area contributed by atoms with E-state index in [4.69, 9.17) is 5.21 Å². The van der Waals surface area contributed by atoms with Gasteiger partial charge in [0.25, 0.3) is 0 Å². The van der Waals surface area contributed by atoms with Gasteiger partial charge in [0.2, 0.25) is 0 Å². The molecule has 0 saturated heterocycles. The van der Waals surface area contributed by atoms with Crippen LogP contribution in [0.2, 0.25) is 0 Å². The fourth-order valence-corrected chi connectivity index (χ4v) is 6.79. The summed E-state index contributed by atoms with van der Waals surface area (Å²) in [6.45, 7) is 0. The minimum Gasteiger partial charge on any atom is -0.338 e. The Hall–Kier alpha value is -6.56. The predicted molar refractivity (Wildman–Crippen MR) is 190 cm³/mol. The van der Waals surface area contributed by atoms with E-state index in [0.717, 1.165) is 16.7 Å². The molecule has 0 aliphatic rings. The van der Waals surface area contributed by atoms with Crippen molar-refractivity contribution >= 4 is 33.3 Å². The molecule has 0 saturated carbocycles. The highest BCUT2D eigenvalue weighted by Gasteiger charge is 2.41. The van der Waals surface area contributed by atoms with Gasteiger partial charge in [-0.15, -0.1) is 15.3 Å². The first-order valence-corrected chi connectivity index (χ1v) is 16.4. The molecule has 6 nitrogen and oxygen atoms in total. The molecule has 0 radical (unpaired) electrons. The van der Waals surface area contributed by atoms with Crippen molar-refractivity contribution in [3.05, 3.63) is 179 Å². The number of nitrogens with zero attached hydrogens (tertiary/aromatic N) is 5. The molecule has 53 heavy (non-hydrogen) atoms. The molecule has 8 rings (SSSR count). The Morgan fingerprint density at radius 3 is 1.51 bits per heavy atom. The molecule has 1 N–H and O–H groups in total. The van der Waals surface area contributed by atoms with Gasteiger partial charge < -0.3 is 5.32 Å². The average molecular weight is 717 g/mol. The van der Waals surface area contributed by atoms with E-state index < -0.39 is 34.7 Å². The van der Waals surface area contributed by atoms with Gasteiger partial charge in [-0.25, -0.2) is 4.68 Å². The Labute approximate surface area is 298 Å². The fraction of sp³-hybridized carbons (Fsp3) is 0.0732. The quantitative estimate of drug-likeness (QED) is 0.131. The third-order valence-corrected chi connectivity index (χ3v) is 9.15. The van der Waals surface area contributed by atoms with Crippen LogP contribution in [0.1, 0.15) is 27.8 Å². The zero-order valence-corrected chi connectivity index (χ0v) is 27.4. The lowest BCUT2D eigenvalue weighted by Crippen LogP contribution is -2.38. The second-order valence-electron chi connectivity index (χ2n) is 12.4. The highest BCUT2D eigenvalue weighted by molar-refractivity contribution is 6.01. The number of hydrogen-bond acceptors (Lipinski definition) is 5. The van der Waals surface area contributed by atoms with Crippen LogP contribution >= 0.6 is 0 Å². The van der Waals surface area contributed by atoms with Crippen LogP contribution in [0.15, 0.2) is 152 Å². The molecule has 0 fully saturated rings. The molecule has 2 heterocycles. The van der Waals surface area contributed by atoms with E-state index in [-0.39, 0.29) is 11.9 Å². The maximum Gasteiger partial charge on any atom is 0.416 e.